The van der Waals surface area contributed by atoms with Crippen molar-refractivity contribution in [1.29, 1.82) is 0 Å². The van der Waals surface area contributed by atoms with Crippen molar-refractivity contribution in [2.75, 3.05) is 66.9 Å². The van der Waals surface area contributed by atoms with E-state index >= 15 is 4.39 Å². The number of imide groups is 1. The van der Waals surface area contributed by atoms with Crippen LogP contribution in [0.1, 0.15) is 99.0 Å². The zero-order valence-electron chi connectivity index (χ0n) is 40.9. The van der Waals surface area contributed by atoms with Crippen molar-refractivity contribution in [3.63, 3.8) is 0 Å². The third-order valence-electron chi connectivity index (χ3n) is 14.9. The van der Waals surface area contributed by atoms with Gasteiger partial charge >= 0.3 is 6.09 Å². The average molecular weight is 974 g/mol. The van der Waals surface area contributed by atoms with Crippen LogP contribution < -0.4 is 40.8 Å². The van der Waals surface area contributed by atoms with Crippen molar-refractivity contribution in [2.45, 2.75) is 108 Å². The molecule has 0 radical (unpaired) electrons. The number of rotatable bonds is 14. The summed E-state index contributed by atoms with van der Waals surface area (Å²) in [5, 5.41) is 10.4. The molecule has 5 amide bonds. The molecular weight excluding hydrogens is 910 g/mol. The Morgan fingerprint density at radius 1 is 0.930 bits per heavy atom. The fourth-order valence-electron chi connectivity index (χ4n) is 11.1. The van der Waals surface area contributed by atoms with Gasteiger partial charge in [0.2, 0.25) is 23.7 Å². The molecule has 4 fully saturated rings. The van der Waals surface area contributed by atoms with E-state index in [0.29, 0.717) is 105 Å². The highest BCUT2D eigenvalue weighted by atomic mass is 19.1. The molecule has 9 rings (SSSR count). The monoisotopic (exact) mass is 973 g/mol. The summed E-state index contributed by atoms with van der Waals surface area (Å²) in [6, 6.07) is 19.4. The molecule has 1 aromatic heterocycles. The Balaban J connectivity index is 0.856. The first-order chi connectivity index (χ1) is 34.4. The van der Waals surface area contributed by atoms with Crippen LogP contribution in [0.4, 0.5) is 38.0 Å². The van der Waals surface area contributed by atoms with E-state index in [1.165, 1.54) is 6.07 Å². The van der Waals surface area contributed by atoms with Gasteiger partial charge in [-0.25, -0.2) is 19.2 Å². The summed E-state index contributed by atoms with van der Waals surface area (Å²) in [5.41, 5.74) is 6.62. The molecular formula is C52H64FN11O7. The maximum atomic E-state index is 16.1. The highest BCUT2D eigenvalue weighted by molar-refractivity contribution is 6.04. The molecule has 4 aliphatic heterocycles. The van der Waals surface area contributed by atoms with Crippen molar-refractivity contribution >= 4 is 58.6 Å². The number of carbonyl (C=O) groups excluding carboxylic acids is 5. The molecule has 4 aromatic rings. The second-order valence-electron chi connectivity index (χ2n) is 19.2. The number of ether oxygens (including phenoxy) is 2. The van der Waals surface area contributed by atoms with Crippen LogP contribution in [0, 0.1) is 11.7 Å². The van der Waals surface area contributed by atoms with Crippen LogP contribution in [0.2, 0.25) is 0 Å². The summed E-state index contributed by atoms with van der Waals surface area (Å²) < 4.78 is 27.8. The summed E-state index contributed by atoms with van der Waals surface area (Å²) in [6.07, 6.45) is 7.41. The molecule has 1 saturated carbocycles. The highest BCUT2D eigenvalue weighted by Crippen LogP contribution is 2.41. The number of nitrogens with zero attached hydrogens (tertiary/aromatic N) is 7. The van der Waals surface area contributed by atoms with Gasteiger partial charge in [-0.1, -0.05) is 56.2 Å². The fraction of sp³-hybridized carbons (Fsp3) is 0.481. The number of alkyl carbamates (subject to hydrolysis) is 1. The number of hydrogen-bond acceptors (Lipinski definition) is 14. The highest BCUT2D eigenvalue weighted by Gasteiger charge is 2.42. The molecule has 19 heteroatoms. The second kappa shape index (κ2) is 21.6. The smallest absolute Gasteiger partial charge is 0.408 e. The van der Waals surface area contributed by atoms with E-state index in [1.54, 1.807) is 55.6 Å². The minimum absolute atomic E-state index is 0.0448. The van der Waals surface area contributed by atoms with Crippen LogP contribution in [0.15, 0.2) is 72.9 Å². The predicted molar refractivity (Wildman–Crippen MR) is 266 cm³/mol. The Bertz CT molecular complexity index is 2610. The number of methoxy groups -OCH3 is 1. The van der Waals surface area contributed by atoms with Gasteiger partial charge in [0.1, 0.15) is 23.3 Å². The van der Waals surface area contributed by atoms with Gasteiger partial charge in [0, 0.05) is 70.4 Å². The molecule has 1 aliphatic carbocycles. The average Bonchev–Trinajstić information content (AvgIpc) is 3.92. The predicted octanol–water partition coefficient (Wildman–Crippen LogP) is 6.21. The molecule has 0 spiro atoms. The normalized spacial score (nSPS) is 21.9. The van der Waals surface area contributed by atoms with Gasteiger partial charge in [-0.2, -0.15) is 4.98 Å². The molecule has 3 saturated heterocycles. The molecule has 376 valence electrons. The van der Waals surface area contributed by atoms with E-state index < -0.39 is 30.0 Å². The molecule has 4 N–H and O–H groups in total. The first kappa shape index (κ1) is 49.1. The molecule has 3 aromatic carbocycles. The van der Waals surface area contributed by atoms with E-state index in [1.807, 2.05) is 54.1 Å². The van der Waals surface area contributed by atoms with Crippen LogP contribution in [0.25, 0.3) is 0 Å². The van der Waals surface area contributed by atoms with E-state index in [9.17, 15) is 24.0 Å². The zero-order chi connectivity index (χ0) is 49.8. The summed E-state index contributed by atoms with van der Waals surface area (Å²) >= 11 is 0. The van der Waals surface area contributed by atoms with Gasteiger partial charge in [0.05, 0.1) is 30.6 Å². The quantitative estimate of drug-likeness (QED) is 0.104. The third-order valence-corrected chi connectivity index (χ3v) is 14.9. The van der Waals surface area contributed by atoms with Gasteiger partial charge in [-0.05, 0) is 92.8 Å². The Morgan fingerprint density at radius 2 is 1.70 bits per heavy atom. The maximum absolute atomic E-state index is 16.1. The summed E-state index contributed by atoms with van der Waals surface area (Å²) in [4.78, 5) is 82.2. The SMILES string of the molecule is CC[C@@H]1C(=O)N(C)c2cnc(Nc3ccc(C(=O)NN4CCC(C5CN(c6ccc(C7CCC(=O)NC7=O)cc6F)CCN5C(C)OC(=O)NCc5ccccc5)CC4)cc3OC)nc2N1C1CCCC1. The first-order valence-corrected chi connectivity index (χ1v) is 24.9. The largest absolute Gasteiger partial charge is 0.495 e. The molecule has 18 nitrogen and oxygen atoms in total. The first-order valence-electron chi connectivity index (χ1n) is 24.9. The van der Waals surface area contributed by atoms with Crippen LogP contribution in [-0.4, -0.2) is 121 Å². The number of benzene rings is 3. The number of aromatic nitrogens is 2. The Labute approximate surface area is 413 Å². The lowest BCUT2D eigenvalue weighted by Gasteiger charge is -2.49. The zero-order valence-corrected chi connectivity index (χ0v) is 40.9. The third kappa shape index (κ3) is 10.8. The van der Waals surface area contributed by atoms with Crippen molar-refractivity contribution in [1.82, 2.24) is 35.9 Å². The maximum Gasteiger partial charge on any atom is 0.408 e. The van der Waals surface area contributed by atoms with Gasteiger partial charge in [-0.3, -0.25) is 34.8 Å². The lowest BCUT2D eigenvalue weighted by Crippen LogP contribution is -2.61. The summed E-state index contributed by atoms with van der Waals surface area (Å²) in [7, 11) is 3.31. The number of carbonyl (C=O) groups is 5. The molecule has 71 heavy (non-hydrogen) atoms. The van der Waals surface area contributed by atoms with Gasteiger partial charge in [0.15, 0.2) is 12.0 Å². The number of hydrazine groups is 1. The number of piperazine rings is 1. The number of anilines is 5. The van der Waals surface area contributed by atoms with Crippen LogP contribution in [0.5, 0.6) is 5.75 Å². The Morgan fingerprint density at radius 3 is 2.42 bits per heavy atom. The number of piperidine rings is 2. The van der Waals surface area contributed by atoms with Crippen molar-refractivity contribution < 1.29 is 37.8 Å². The topological polar surface area (TPSA) is 194 Å². The van der Waals surface area contributed by atoms with Crippen molar-refractivity contribution in [3.8, 4) is 5.75 Å². The van der Waals surface area contributed by atoms with Crippen LogP contribution in [-0.2, 0) is 25.7 Å². The van der Waals surface area contributed by atoms with Crippen LogP contribution in [0.3, 0.4) is 0 Å². The minimum atomic E-state index is -0.601. The van der Waals surface area contributed by atoms with Gasteiger partial charge in [0.25, 0.3) is 5.91 Å². The molecule has 5 aliphatic rings. The second-order valence-corrected chi connectivity index (χ2v) is 19.2. The Hall–Kier alpha value is -6.86. The van der Waals surface area contributed by atoms with Crippen molar-refractivity contribution in [2.24, 2.45) is 5.92 Å². The number of fused-ring (bicyclic) bond motifs is 1. The number of amides is 5. The fourth-order valence-corrected chi connectivity index (χ4v) is 11.1. The minimum Gasteiger partial charge on any atom is -0.495 e. The van der Waals surface area contributed by atoms with Gasteiger partial charge < -0.3 is 34.8 Å². The molecule has 4 atom stereocenters. The van der Waals surface area contributed by atoms with E-state index in [2.05, 4.69) is 36.2 Å². The summed E-state index contributed by atoms with van der Waals surface area (Å²) in [6.45, 7) is 6.72. The van der Waals surface area contributed by atoms with E-state index in [0.717, 1.165) is 37.1 Å². The number of hydrogen-bond donors (Lipinski definition) is 4. The molecule has 5 heterocycles. The van der Waals surface area contributed by atoms with Gasteiger partial charge in [-0.15, -0.1) is 0 Å². The number of halogens is 1. The molecule has 0 bridgehead atoms. The van der Waals surface area contributed by atoms with E-state index in [-0.39, 0.29) is 48.2 Å². The standard InChI is InChI=1S/C52H64FN11O7/c1-5-41-50(68)60(3)43-30-54-51(58-47(43)64(41)37-13-9-10-14-37)56-40-18-15-36(28-45(40)70-4)48(66)59-62-23-21-34(22-24-62)44-31-61(42-19-16-35(27-39(42)53)38-17-20-46(65)57-49(38)67)25-26-63(44)32(2)71-52(69)55-29-33-11-7-6-8-12-33/h6-8,11-12,15-16,18-19,27-28,30,32,34,37-38,41,44H,5,9-10,13-14,17,20-26,29,31H2,1-4H3,(H,55,69)(H,59,66)(H,54,56,58)(H,57,65,67)/t32?,38?,41-,44?/m1/s1. The lowest BCUT2D eigenvalue weighted by atomic mass is 9.87. The number of likely N-dealkylation sites (N-methyl/N-ethyl adjacent to an activating group) is 1. The number of nitrogens with one attached hydrogen (secondary N) is 4. The van der Waals surface area contributed by atoms with E-state index in [4.69, 9.17) is 14.5 Å². The summed E-state index contributed by atoms with van der Waals surface area (Å²) in [5.74, 6) is -0.431. The molecule has 3 unspecified atom stereocenters. The Kier molecular flexibility index (Phi) is 15.0. The van der Waals surface area contributed by atoms with Crippen molar-refractivity contribution in [3.05, 3.63) is 95.4 Å². The van der Waals surface area contributed by atoms with Crippen LogP contribution >= 0.6 is 0 Å². The lowest BCUT2D eigenvalue weighted by molar-refractivity contribution is -0.134.